The van der Waals surface area contributed by atoms with Crippen LogP contribution >= 0.6 is 15.9 Å². The highest BCUT2D eigenvalue weighted by molar-refractivity contribution is 9.10. The van der Waals surface area contributed by atoms with Crippen molar-refractivity contribution >= 4 is 21.6 Å². The topological polar surface area (TPSA) is 30.5 Å². The summed E-state index contributed by atoms with van der Waals surface area (Å²) in [6.07, 6.45) is 5.80. The van der Waals surface area contributed by atoms with E-state index in [0.717, 1.165) is 22.4 Å². The van der Waals surface area contributed by atoms with Gasteiger partial charge in [-0.15, -0.1) is 0 Å². The van der Waals surface area contributed by atoms with E-state index in [2.05, 4.69) is 77.6 Å². The molecule has 0 unspecified atom stereocenters. The highest BCUT2D eigenvalue weighted by Gasteiger charge is 2.38. The van der Waals surface area contributed by atoms with Crippen molar-refractivity contribution in [3.05, 3.63) is 63.6 Å². The van der Waals surface area contributed by atoms with Crippen LogP contribution in [0, 0.1) is 5.92 Å². The van der Waals surface area contributed by atoms with E-state index in [1.807, 2.05) is 0 Å². The Balaban J connectivity index is 1.77. The number of hydrogen-bond acceptors (Lipinski definition) is 3. The molecule has 142 valence electrons. The van der Waals surface area contributed by atoms with Gasteiger partial charge in [-0.3, -0.25) is 0 Å². The Morgan fingerprint density at radius 3 is 2.63 bits per heavy atom. The third-order valence-corrected chi connectivity index (χ3v) is 6.46. The van der Waals surface area contributed by atoms with Crippen molar-refractivity contribution in [3.8, 4) is 11.5 Å². The van der Waals surface area contributed by atoms with Gasteiger partial charge in [-0.2, -0.15) is 0 Å². The Morgan fingerprint density at radius 1 is 1.11 bits per heavy atom. The van der Waals surface area contributed by atoms with Gasteiger partial charge in [0.2, 0.25) is 0 Å². The van der Waals surface area contributed by atoms with Crippen LogP contribution in [0.4, 0.5) is 5.69 Å². The molecular formula is C23H26BrNO2. The summed E-state index contributed by atoms with van der Waals surface area (Å²) in [5.74, 6) is 2.99. The van der Waals surface area contributed by atoms with Crippen molar-refractivity contribution in [3.63, 3.8) is 0 Å². The van der Waals surface area contributed by atoms with E-state index in [1.165, 1.54) is 22.4 Å². The molecule has 1 heterocycles. The normalized spacial score (nSPS) is 23.0. The average Bonchev–Trinajstić information content (AvgIpc) is 3.16. The summed E-state index contributed by atoms with van der Waals surface area (Å²) in [7, 11) is 3.35. The maximum Gasteiger partial charge on any atom is 0.174 e. The lowest BCUT2D eigenvalue weighted by Crippen LogP contribution is -2.29. The zero-order valence-electron chi connectivity index (χ0n) is 16.3. The third kappa shape index (κ3) is 3.14. The standard InChI is InChI=1S/C23H26BrNO2/c1-13(2)14-8-9-20-18(10-14)16-6-5-7-17(16)22(25-20)15-11-19(24)23(27-4)21(12-15)26-3/h5-6,8-13,16-17,22,25H,7H2,1-4H3/t16-,17+,22+/m1/s1. The van der Waals surface area contributed by atoms with E-state index in [0.29, 0.717) is 17.8 Å². The van der Waals surface area contributed by atoms with Crippen molar-refractivity contribution in [2.45, 2.75) is 38.1 Å². The molecule has 3 nitrogen and oxygen atoms in total. The lowest BCUT2D eigenvalue weighted by Gasteiger charge is -2.38. The molecule has 2 aromatic carbocycles. The van der Waals surface area contributed by atoms with Gasteiger partial charge < -0.3 is 14.8 Å². The second-order valence-corrected chi connectivity index (χ2v) is 8.57. The molecule has 27 heavy (non-hydrogen) atoms. The monoisotopic (exact) mass is 427 g/mol. The molecule has 1 aliphatic carbocycles. The molecule has 0 bridgehead atoms. The number of fused-ring (bicyclic) bond motifs is 3. The van der Waals surface area contributed by atoms with Crippen molar-refractivity contribution < 1.29 is 9.47 Å². The molecule has 0 saturated heterocycles. The molecule has 0 radical (unpaired) electrons. The Bertz CT molecular complexity index is 890. The molecule has 1 N–H and O–H groups in total. The van der Waals surface area contributed by atoms with E-state index in [4.69, 9.17) is 9.47 Å². The van der Waals surface area contributed by atoms with Gasteiger partial charge in [-0.25, -0.2) is 0 Å². The number of allylic oxidation sites excluding steroid dienone is 2. The summed E-state index contributed by atoms with van der Waals surface area (Å²) < 4.78 is 12.0. The molecule has 0 fully saturated rings. The van der Waals surface area contributed by atoms with Gasteiger partial charge in [0.1, 0.15) is 0 Å². The van der Waals surface area contributed by atoms with Crippen LogP contribution < -0.4 is 14.8 Å². The van der Waals surface area contributed by atoms with Crippen LogP contribution in [0.15, 0.2) is 47.0 Å². The molecule has 0 aromatic heterocycles. The van der Waals surface area contributed by atoms with Gasteiger partial charge in [-0.1, -0.05) is 38.1 Å². The molecule has 4 rings (SSSR count). The number of benzene rings is 2. The fraction of sp³-hybridized carbons (Fsp3) is 0.391. The summed E-state index contributed by atoms with van der Waals surface area (Å²) in [6.45, 7) is 4.51. The highest BCUT2D eigenvalue weighted by Crippen LogP contribution is 2.51. The van der Waals surface area contributed by atoms with Gasteiger partial charge in [0.05, 0.1) is 24.7 Å². The largest absolute Gasteiger partial charge is 0.493 e. The van der Waals surface area contributed by atoms with Crippen molar-refractivity contribution in [1.29, 1.82) is 0 Å². The quantitative estimate of drug-likeness (QED) is 0.571. The Labute approximate surface area is 169 Å². The van der Waals surface area contributed by atoms with Crippen LogP contribution in [0.1, 0.15) is 54.8 Å². The van der Waals surface area contributed by atoms with Gasteiger partial charge in [0.15, 0.2) is 11.5 Å². The van der Waals surface area contributed by atoms with E-state index >= 15 is 0 Å². The van der Waals surface area contributed by atoms with E-state index in [-0.39, 0.29) is 6.04 Å². The molecule has 0 spiro atoms. The predicted molar refractivity (Wildman–Crippen MR) is 114 cm³/mol. The van der Waals surface area contributed by atoms with Crippen LogP contribution in [-0.2, 0) is 0 Å². The maximum absolute atomic E-state index is 5.57. The molecule has 1 aliphatic heterocycles. The van der Waals surface area contributed by atoms with Crippen molar-refractivity contribution in [1.82, 2.24) is 0 Å². The second-order valence-electron chi connectivity index (χ2n) is 7.72. The first-order valence-electron chi connectivity index (χ1n) is 9.52. The maximum atomic E-state index is 5.57. The van der Waals surface area contributed by atoms with Gasteiger partial charge >= 0.3 is 0 Å². The van der Waals surface area contributed by atoms with Crippen LogP contribution in [-0.4, -0.2) is 14.2 Å². The minimum atomic E-state index is 0.235. The number of halogens is 1. The lowest BCUT2D eigenvalue weighted by atomic mass is 9.76. The van der Waals surface area contributed by atoms with Gasteiger partial charge in [-0.05, 0) is 69.1 Å². The van der Waals surface area contributed by atoms with Crippen LogP contribution in [0.3, 0.4) is 0 Å². The number of ether oxygens (including phenoxy) is 2. The Hall–Kier alpha value is -1.94. The smallest absolute Gasteiger partial charge is 0.174 e. The number of methoxy groups -OCH3 is 2. The van der Waals surface area contributed by atoms with E-state index in [9.17, 15) is 0 Å². The Kier molecular flexibility index (Phi) is 4.94. The third-order valence-electron chi connectivity index (χ3n) is 5.87. The molecule has 2 aromatic rings. The number of hydrogen-bond donors (Lipinski definition) is 1. The fourth-order valence-corrected chi connectivity index (χ4v) is 5.04. The number of rotatable bonds is 4. The van der Waals surface area contributed by atoms with E-state index in [1.54, 1.807) is 14.2 Å². The molecular weight excluding hydrogens is 402 g/mol. The summed E-state index contributed by atoms with van der Waals surface area (Å²) in [4.78, 5) is 0. The zero-order valence-corrected chi connectivity index (χ0v) is 17.8. The predicted octanol–water partition coefficient (Wildman–Crippen LogP) is 6.42. The molecule has 4 heteroatoms. The fourth-order valence-electron chi connectivity index (χ4n) is 4.42. The number of anilines is 1. The summed E-state index contributed by atoms with van der Waals surface area (Å²) >= 11 is 3.65. The van der Waals surface area contributed by atoms with E-state index < -0.39 is 0 Å². The van der Waals surface area contributed by atoms with Gasteiger partial charge in [0, 0.05) is 11.6 Å². The minimum Gasteiger partial charge on any atom is -0.493 e. The summed E-state index contributed by atoms with van der Waals surface area (Å²) in [6, 6.07) is 11.4. The second kappa shape index (κ2) is 7.23. The first kappa shape index (κ1) is 18.4. The average molecular weight is 428 g/mol. The summed E-state index contributed by atoms with van der Waals surface area (Å²) in [5, 5.41) is 3.81. The highest BCUT2D eigenvalue weighted by atomic mass is 79.9. The van der Waals surface area contributed by atoms with Crippen LogP contribution in [0.2, 0.25) is 0 Å². The molecule has 0 saturated carbocycles. The zero-order chi connectivity index (χ0) is 19.1. The Morgan fingerprint density at radius 2 is 1.93 bits per heavy atom. The van der Waals surface area contributed by atoms with Crippen molar-refractivity contribution in [2.75, 3.05) is 19.5 Å². The molecule has 2 aliphatic rings. The van der Waals surface area contributed by atoms with Crippen LogP contribution in [0.25, 0.3) is 0 Å². The SMILES string of the molecule is COc1cc([C@@H]2Nc3ccc(C(C)C)cc3[C@@H]3C=CC[C@@H]32)cc(Br)c1OC. The minimum absolute atomic E-state index is 0.235. The van der Waals surface area contributed by atoms with Crippen molar-refractivity contribution in [2.24, 2.45) is 5.92 Å². The molecule has 3 atom stereocenters. The van der Waals surface area contributed by atoms with Gasteiger partial charge in [0.25, 0.3) is 0 Å². The number of nitrogens with one attached hydrogen (secondary N) is 1. The first-order chi connectivity index (χ1) is 13.0. The first-order valence-corrected chi connectivity index (χ1v) is 10.3. The summed E-state index contributed by atoms with van der Waals surface area (Å²) in [5.41, 5.74) is 5.29. The lowest BCUT2D eigenvalue weighted by molar-refractivity contribution is 0.351. The molecule has 0 amide bonds. The van der Waals surface area contributed by atoms with Crippen LogP contribution in [0.5, 0.6) is 11.5 Å².